The Hall–Kier alpha value is 0.867. The van der Waals surface area contributed by atoms with Gasteiger partial charge in [0.25, 0.3) is 0 Å². The minimum atomic E-state index is -4.06. The molecule has 3 nitrogen and oxygen atoms in total. The third-order valence-corrected chi connectivity index (χ3v) is 2.75. The Labute approximate surface area is 97.3 Å². The molecule has 0 spiro atoms. The van der Waals surface area contributed by atoms with Gasteiger partial charge in [0, 0.05) is 0 Å². The fourth-order valence-electron chi connectivity index (χ4n) is 0.520. The predicted molar refractivity (Wildman–Crippen MR) is 47.1 cm³/mol. The molecular formula is C6H13NaO3SSi. The predicted octanol–water partition coefficient (Wildman–Crippen LogP) is -2.03. The van der Waals surface area contributed by atoms with Crippen LogP contribution in [0.5, 0.6) is 0 Å². The molecule has 0 aromatic carbocycles. The zero-order valence-electron chi connectivity index (χ0n) is 7.99. The third kappa shape index (κ3) is 13.5. The van der Waals surface area contributed by atoms with Gasteiger partial charge in [-0.25, -0.2) is 8.42 Å². The summed E-state index contributed by atoms with van der Waals surface area (Å²) in [5, 5.41) is 0. The molecule has 0 radical (unpaired) electrons. The van der Waals surface area contributed by atoms with E-state index < -0.39 is 18.2 Å². The molecule has 0 amide bonds. The van der Waals surface area contributed by atoms with Gasteiger partial charge in [-0.05, 0) is 0 Å². The molecule has 12 heavy (non-hydrogen) atoms. The van der Waals surface area contributed by atoms with E-state index in [4.69, 9.17) is 0 Å². The van der Waals surface area contributed by atoms with Crippen LogP contribution >= 0.6 is 0 Å². The second-order valence-corrected chi connectivity index (χ2v) is 10.0. The van der Waals surface area contributed by atoms with Gasteiger partial charge in [-0.15, -0.1) is 0 Å². The number of rotatable bonds is 3. The van der Waals surface area contributed by atoms with E-state index in [0.29, 0.717) is 0 Å². The summed E-state index contributed by atoms with van der Waals surface area (Å²) in [5.41, 5.74) is 1.85. The van der Waals surface area contributed by atoms with Crippen molar-refractivity contribution in [3.05, 3.63) is 11.8 Å². The molecule has 0 aliphatic carbocycles. The summed E-state index contributed by atoms with van der Waals surface area (Å²) >= 11 is 0. The first-order valence-corrected chi connectivity index (χ1v) is 8.47. The first-order chi connectivity index (χ1) is 4.71. The molecule has 0 atom stereocenters. The number of hydrogen-bond acceptors (Lipinski definition) is 3. The van der Waals surface area contributed by atoms with Crippen molar-refractivity contribution in [1.82, 2.24) is 0 Å². The fourth-order valence-corrected chi connectivity index (χ4v) is 1.85. The van der Waals surface area contributed by atoms with Crippen LogP contribution in [0.3, 0.4) is 0 Å². The van der Waals surface area contributed by atoms with Crippen molar-refractivity contribution in [2.24, 2.45) is 0 Å². The van der Waals surface area contributed by atoms with Crippen LogP contribution in [0.1, 0.15) is 0 Å². The van der Waals surface area contributed by atoms with Crippen LogP contribution in [0, 0.1) is 0 Å². The van der Waals surface area contributed by atoms with E-state index in [-0.39, 0.29) is 35.3 Å². The second-order valence-electron chi connectivity index (χ2n) is 3.49. The van der Waals surface area contributed by atoms with Gasteiger partial charge < -0.3 is 4.55 Å². The Morgan fingerprint density at radius 2 is 1.75 bits per heavy atom. The SMILES string of the molecule is C[Si](C)(C)C=CCS(=O)(=O)[O-].[Na+]. The molecule has 0 aliphatic rings. The van der Waals surface area contributed by atoms with Gasteiger partial charge in [-0.3, -0.25) is 0 Å². The molecule has 0 aliphatic heterocycles. The molecule has 0 fully saturated rings. The fraction of sp³-hybridized carbons (Fsp3) is 0.667. The minimum Gasteiger partial charge on any atom is -0.748 e. The summed E-state index contributed by atoms with van der Waals surface area (Å²) in [7, 11) is -5.40. The second kappa shape index (κ2) is 5.57. The van der Waals surface area contributed by atoms with Crippen molar-refractivity contribution < 1.29 is 42.5 Å². The Morgan fingerprint density at radius 1 is 1.33 bits per heavy atom. The summed E-state index contributed by atoms with van der Waals surface area (Å²) in [6.45, 7) is 6.21. The average molecular weight is 216 g/mol. The molecule has 66 valence electrons. The average Bonchev–Trinajstić information content (AvgIpc) is 1.55. The van der Waals surface area contributed by atoms with Crippen LogP contribution in [0.2, 0.25) is 19.6 Å². The van der Waals surface area contributed by atoms with E-state index in [1.54, 1.807) is 0 Å². The van der Waals surface area contributed by atoms with Gasteiger partial charge in [0.05, 0.1) is 23.9 Å². The van der Waals surface area contributed by atoms with Crippen molar-refractivity contribution in [2.75, 3.05) is 5.75 Å². The minimum absolute atomic E-state index is 0. The summed E-state index contributed by atoms with van der Waals surface area (Å²) < 4.78 is 30.4. The van der Waals surface area contributed by atoms with E-state index in [2.05, 4.69) is 19.6 Å². The van der Waals surface area contributed by atoms with Crippen molar-refractivity contribution in [2.45, 2.75) is 19.6 Å². The van der Waals surface area contributed by atoms with Crippen LogP contribution < -0.4 is 29.6 Å². The topological polar surface area (TPSA) is 57.2 Å². The van der Waals surface area contributed by atoms with Crippen molar-refractivity contribution in [3.63, 3.8) is 0 Å². The molecule has 0 unspecified atom stereocenters. The monoisotopic (exact) mass is 216 g/mol. The van der Waals surface area contributed by atoms with Crippen molar-refractivity contribution in [1.29, 1.82) is 0 Å². The quantitative estimate of drug-likeness (QED) is 0.404. The molecule has 6 heteroatoms. The van der Waals surface area contributed by atoms with Crippen LogP contribution in [-0.2, 0) is 10.1 Å². The first-order valence-electron chi connectivity index (χ1n) is 3.32. The molecule has 0 aromatic heterocycles. The molecule has 0 N–H and O–H groups in total. The maximum absolute atomic E-state index is 10.1. The number of hydrogen-bond donors (Lipinski definition) is 0. The van der Waals surface area contributed by atoms with E-state index in [9.17, 15) is 13.0 Å². The largest absolute Gasteiger partial charge is 1.00 e. The smallest absolute Gasteiger partial charge is 0.748 e. The molecule has 0 bridgehead atoms. The maximum Gasteiger partial charge on any atom is 1.00 e. The van der Waals surface area contributed by atoms with Gasteiger partial charge in [-0.2, -0.15) is 0 Å². The standard InChI is InChI=1S/C6H14O3SSi.Na/c1-11(2,3)6-4-5-10(7,8)9;/h4,6H,5H2,1-3H3,(H,7,8,9);/q;+1/p-1. The molecule has 0 heterocycles. The van der Waals surface area contributed by atoms with Crippen molar-refractivity contribution in [3.8, 4) is 0 Å². The first kappa shape index (κ1) is 15.3. The van der Waals surface area contributed by atoms with Gasteiger partial charge >= 0.3 is 29.6 Å². The zero-order valence-corrected chi connectivity index (χ0v) is 11.8. The van der Waals surface area contributed by atoms with Crippen LogP contribution in [0.25, 0.3) is 0 Å². The van der Waals surface area contributed by atoms with Gasteiger partial charge in [0.2, 0.25) is 0 Å². The van der Waals surface area contributed by atoms with Gasteiger partial charge in [0.1, 0.15) is 0 Å². The van der Waals surface area contributed by atoms with E-state index >= 15 is 0 Å². The molecule has 0 aromatic rings. The van der Waals surface area contributed by atoms with E-state index in [0.717, 1.165) is 0 Å². The Kier molecular flexibility index (Phi) is 7.12. The molecule has 0 rings (SSSR count). The Balaban J connectivity index is 0. The van der Waals surface area contributed by atoms with E-state index in [1.807, 2.05) is 5.70 Å². The third-order valence-electron chi connectivity index (χ3n) is 0.918. The summed E-state index contributed by atoms with van der Waals surface area (Å²) in [6, 6.07) is 0. The Bertz CT molecular complexity index is 240. The van der Waals surface area contributed by atoms with E-state index in [1.165, 1.54) is 6.08 Å². The normalized spacial score (nSPS) is 13.0. The summed E-state index contributed by atoms with van der Waals surface area (Å²) in [5.74, 6) is -0.378. The Morgan fingerprint density at radius 3 is 2.00 bits per heavy atom. The van der Waals surface area contributed by atoms with Crippen LogP contribution in [-0.4, -0.2) is 26.8 Å². The van der Waals surface area contributed by atoms with Gasteiger partial charge in [0.15, 0.2) is 0 Å². The molecule has 0 saturated heterocycles. The van der Waals surface area contributed by atoms with Gasteiger partial charge in [-0.1, -0.05) is 31.4 Å². The summed E-state index contributed by atoms with van der Waals surface area (Å²) in [6.07, 6.45) is 1.45. The molecule has 0 saturated carbocycles. The van der Waals surface area contributed by atoms with Crippen LogP contribution in [0.4, 0.5) is 0 Å². The molecular weight excluding hydrogens is 203 g/mol. The van der Waals surface area contributed by atoms with Crippen molar-refractivity contribution >= 4 is 18.2 Å². The summed E-state index contributed by atoms with van der Waals surface area (Å²) in [4.78, 5) is 0. The van der Waals surface area contributed by atoms with Crippen LogP contribution in [0.15, 0.2) is 11.8 Å². The zero-order chi connectivity index (χ0) is 9.12. The maximum atomic E-state index is 10.1.